The minimum Gasteiger partial charge on any atom is -0.367 e. The highest BCUT2D eigenvalue weighted by atomic mass is 19.1. The molecule has 1 fully saturated rings. The lowest BCUT2D eigenvalue weighted by atomic mass is 9.96. The molecule has 0 aliphatic carbocycles. The second-order valence-electron chi connectivity index (χ2n) is 7.74. The molecule has 1 amide bonds. The van der Waals surface area contributed by atoms with E-state index in [0.717, 1.165) is 25.9 Å². The first kappa shape index (κ1) is 19.6. The maximum atomic E-state index is 14.1. The number of halogens is 1. The van der Waals surface area contributed by atoms with Crippen LogP contribution in [0.4, 0.5) is 10.2 Å². The van der Waals surface area contributed by atoms with Gasteiger partial charge in [-0.15, -0.1) is 0 Å². The van der Waals surface area contributed by atoms with Gasteiger partial charge in [0.25, 0.3) is 0 Å². The molecule has 0 bridgehead atoms. The number of anilines is 1. The lowest BCUT2D eigenvalue weighted by molar-refractivity contribution is -0.124. The Bertz CT molecular complexity index is 579. The second-order valence-corrected chi connectivity index (χ2v) is 7.74. The van der Waals surface area contributed by atoms with E-state index in [4.69, 9.17) is 0 Å². The fraction of sp³-hybridized carbons (Fsp3) is 0.722. The number of rotatable bonds is 6. The van der Waals surface area contributed by atoms with E-state index in [9.17, 15) is 9.18 Å². The van der Waals surface area contributed by atoms with E-state index >= 15 is 0 Å². The molecule has 1 aromatic heterocycles. The van der Waals surface area contributed by atoms with E-state index in [1.807, 2.05) is 27.7 Å². The van der Waals surface area contributed by atoms with Crippen molar-refractivity contribution in [3.05, 3.63) is 17.8 Å². The number of piperidine rings is 1. The summed E-state index contributed by atoms with van der Waals surface area (Å²) in [5.74, 6) is 0.473. The Kier molecular flexibility index (Phi) is 6.70. The molecule has 2 heterocycles. The van der Waals surface area contributed by atoms with Gasteiger partial charge >= 0.3 is 0 Å². The first-order valence-electron chi connectivity index (χ1n) is 9.05. The number of amides is 1. The molecule has 2 rings (SSSR count). The van der Waals surface area contributed by atoms with E-state index in [1.165, 1.54) is 6.33 Å². The van der Waals surface area contributed by atoms with Crippen molar-refractivity contribution in [1.29, 1.82) is 0 Å². The predicted octanol–water partition coefficient (Wildman–Crippen LogP) is 2.22. The number of carbonyl (C=O) groups is 1. The van der Waals surface area contributed by atoms with Crippen LogP contribution >= 0.6 is 0 Å². The lowest BCUT2D eigenvalue weighted by Crippen LogP contribution is -2.47. The zero-order chi connectivity index (χ0) is 18.4. The number of hydrogen-bond donors (Lipinski definition) is 2. The number of nitrogens with one attached hydrogen (secondary N) is 2. The molecule has 7 heteroatoms. The number of carbonyl (C=O) groups excluding carboxylic acids is 1. The molecule has 0 spiro atoms. The van der Waals surface area contributed by atoms with Gasteiger partial charge in [-0.25, -0.2) is 14.4 Å². The van der Waals surface area contributed by atoms with Gasteiger partial charge in [0.1, 0.15) is 6.33 Å². The zero-order valence-electron chi connectivity index (χ0n) is 15.7. The molecule has 0 aromatic carbocycles. The number of hydrogen-bond acceptors (Lipinski definition) is 5. The Balaban J connectivity index is 1.75. The van der Waals surface area contributed by atoms with Crippen molar-refractivity contribution in [3.63, 3.8) is 0 Å². The molecular formula is C18H30FN5O. The van der Waals surface area contributed by atoms with Crippen molar-refractivity contribution in [2.75, 3.05) is 31.5 Å². The van der Waals surface area contributed by atoms with Gasteiger partial charge in [-0.05, 0) is 59.0 Å². The van der Waals surface area contributed by atoms with Crippen LogP contribution < -0.4 is 10.6 Å². The Hall–Kier alpha value is -1.76. The van der Waals surface area contributed by atoms with E-state index in [2.05, 4.69) is 25.5 Å². The third-order valence-electron chi connectivity index (χ3n) is 4.34. The van der Waals surface area contributed by atoms with Crippen molar-refractivity contribution >= 4 is 11.7 Å². The van der Waals surface area contributed by atoms with E-state index in [0.29, 0.717) is 36.9 Å². The van der Waals surface area contributed by atoms with E-state index in [1.54, 1.807) is 0 Å². The lowest BCUT2D eigenvalue weighted by Gasteiger charge is -2.32. The molecule has 1 aromatic rings. The van der Waals surface area contributed by atoms with Crippen LogP contribution in [0.2, 0.25) is 0 Å². The molecule has 25 heavy (non-hydrogen) atoms. The van der Waals surface area contributed by atoms with Gasteiger partial charge in [-0.1, -0.05) is 6.92 Å². The Morgan fingerprint density at radius 2 is 2.00 bits per heavy atom. The normalized spacial score (nSPS) is 16.7. The fourth-order valence-corrected chi connectivity index (χ4v) is 3.03. The quantitative estimate of drug-likeness (QED) is 0.822. The number of nitrogens with zero attached hydrogens (tertiary/aromatic N) is 3. The minimum atomic E-state index is -0.346. The molecule has 0 unspecified atom stereocenters. The standard InChI is InChI=1S/C18H30FN5O/c1-5-14-16(19)17(22-12-21-14)20-10-13-6-8-24(9-7-13)11-15(25)23-18(2,3)4/h12-13H,5-11H2,1-4H3,(H,23,25)(H,20,21,22). The summed E-state index contributed by atoms with van der Waals surface area (Å²) in [5.41, 5.74) is 0.246. The summed E-state index contributed by atoms with van der Waals surface area (Å²) in [5, 5.41) is 6.11. The molecule has 1 saturated heterocycles. The zero-order valence-corrected chi connectivity index (χ0v) is 15.7. The number of aromatic nitrogens is 2. The summed E-state index contributed by atoms with van der Waals surface area (Å²) in [4.78, 5) is 22.1. The average Bonchev–Trinajstić information content (AvgIpc) is 2.53. The SMILES string of the molecule is CCc1ncnc(NCC2CCN(CC(=O)NC(C)(C)C)CC2)c1F. The monoisotopic (exact) mass is 351 g/mol. The van der Waals surface area contributed by atoms with Crippen LogP contribution in [0.25, 0.3) is 0 Å². The Morgan fingerprint density at radius 1 is 1.32 bits per heavy atom. The van der Waals surface area contributed by atoms with Crippen LogP contribution in [0.3, 0.4) is 0 Å². The van der Waals surface area contributed by atoms with Crippen LogP contribution in [0.1, 0.15) is 46.2 Å². The van der Waals surface area contributed by atoms with Crippen molar-refractivity contribution in [3.8, 4) is 0 Å². The summed E-state index contributed by atoms with van der Waals surface area (Å²) in [6.07, 6.45) is 3.94. The minimum absolute atomic E-state index is 0.0687. The summed E-state index contributed by atoms with van der Waals surface area (Å²) in [6.45, 7) is 10.7. The van der Waals surface area contributed by atoms with Crippen molar-refractivity contribution in [2.24, 2.45) is 5.92 Å². The second kappa shape index (κ2) is 8.56. The van der Waals surface area contributed by atoms with Gasteiger partial charge in [0, 0.05) is 12.1 Å². The largest absolute Gasteiger partial charge is 0.367 e. The molecule has 0 saturated carbocycles. The van der Waals surface area contributed by atoms with Gasteiger partial charge < -0.3 is 10.6 Å². The Morgan fingerprint density at radius 3 is 2.60 bits per heavy atom. The van der Waals surface area contributed by atoms with Crippen molar-refractivity contribution < 1.29 is 9.18 Å². The molecule has 2 N–H and O–H groups in total. The molecule has 1 aliphatic heterocycles. The Labute approximate surface area is 149 Å². The maximum absolute atomic E-state index is 14.1. The van der Waals surface area contributed by atoms with E-state index < -0.39 is 0 Å². The maximum Gasteiger partial charge on any atom is 0.234 e. The third-order valence-corrected chi connectivity index (χ3v) is 4.34. The van der Waals surface area contributed by atoms with Crippen LogP contribution in [0.5, 0.6) is 0 Å². The van der Waals surface area contributed by atoms with Crippen LogP contribution in [-0.2, 0) is 11.2 Å². The molecule has 0 atom stereocenters. The highest BCUT2D eigenvalue weighted by molar-refractivity contribution is 5.78. The molecule has 6 nitrogen and oxygen atoms in total. The topological polar surface area (TPSA) is 70.2 Å². The molecule has 140 valence electrons. The van der Waals surface area contributed by atoms with Crippen molar-refractivity contribution in [1.82, 2.24) is 20.2 Å². The van der Waals surface area contributed by atoms with E-state index in [-0.39, 0.29) is 17.3 Å². The highest BCUT2D eigenvalue weighted by Crippen LogP contribution is 2.19. The fourth-order valence-electron chi connectivity index (χ4n) is 3.03. The smallest absolute Gasteiger partial charge is 0.234 e. The summed E-state index contributed by atoms with van der Waals surface area (Å²) >= 11 is 0. The molecular weight excluding hydrogens is 321 g/mol. The van der Waals surface area contributed by atoms with Crippen molar-refractivity contribution in [2.45, 2.75) is 52.5 Å². The summed E-state index contributed by atoms with van der Waals surface area (Å²) < 4.78 is 14.1. The summed E-state index contributed by atoms with van der Waals surface area (Å²) in [6, 6.07) is 0. The van der Waals surface area contributed by atoms with Crippen LogP contribution in [0, 0.1) is 11.7 Å². The van der Waals surface area contributed by atoms with Crippen LogP contribution in [0.15, 0.2) is 6.33 Å². The molecule has 1 aliphatic rings. The highest BCUT2D eigenvalue weighted by Gasteiger charge is 2.23. The first-order valence-corrected chi connectivity index (χ1v) is 9.05. The third kappa shape index (κ3) is 6.23. The number of likely N-dealkylation sites (tertiary alicyclic amines) is 1. The van der Waals surface area contributed by atoms with Gasteiger partial charge in [0.15, 0.2) is 11.6 Å². The number of aryl methyl sites for hydroxylation is 1. The average molecular weight is 351 g/mol. The van der Waals surface area contributed by atoms with Gasteiger partial charge in [0.05, 0.1) is 12.2 Å². The summed E-state index contributed by atoms with van der Waals surface area (Å²) in [7, 11) is 0. The predicted molar refractivity (Wildman–Crippen MR) is 96.9 cm³/mol. The van der Waals surface area contributed by atoms with Gasteiger partial charge in [0.2, 0.25) is 5.91 Å². The van der Waals surface area contributed by atoms with Crippen LogP contribution in [-0.4, -0.2) is 52.5 Å². The van der Waals surface area contributed by atoms with Gasteiger partial charge in [-0.3, -0.25) is 9.69 Å². The van der Waals surface area contributed by atoms with Gasteiger partial charge in [-0.2, -0.15) is 0 Å². The first-order chi connectivity index (χ1) is 11.8. The molecule has 0 radical (unpaired) electrons.